The molecule has 1 fully saturated rings. The number of allylic oxidation sites excluding steroid dienone is 2. The van der Waals surface area contributed by atoms with Crippen LogP contribution in [0.4, 0.5) is 13.2 Å². The standard InChI is InChI=1S/C20H28F3NO2.C4H8N2/c1-3-5-17(6-4-13-25)24(18-11-12-18)19(26)16-9-7-15(8-10-16)14(2)20(21,22)23;5-3-1-2-4-6/h7-10,14,17-18,25H,3-6,11-13H2,1-2H3;1-4H,5-6H2/b;3-1-,4-2-. The van der Waals surface area contributed by atoms with Gasteiger partial charge in [-0.1, -0.05) is 25.5 Å². The van der Waals surface area contributed by atoms with Crippen molar-refractivity contribution in [3.8, 4) is 0 Å². The first-order valence-corrected chi connectivity index (χ1v) is 11.1. The van der Waals surface area contributed by atoms with E-state index in [9.17, 15) is 18.0 Å². The zero-order chi connectivity index (χ0) is 24.1. The first-order chi connectivity index (χ1) is 15.2. The number of hydrogen-bond donors (Lipinski definition) is 3. The molecule has 1 aromatic rings. The minimum absolute atomic E-state index is 0.0703. The van der Waals surface area contributed by atoms with Gasteiger partial charge in [-0.15, -0.1) is 0 Å². The molecule has 0 radical (unpaired) electrons. The van der Waals surface area contributed by atoms with Crippen LogP contribution in [-0.2, 0) is 0 Å². The van der Waals surface area contributed by atoms with Crippen molar-refractivity contribution < 1.29 is 23.1 Å². The van der Waals surface area contributed by atoms with Crippen LogP contribution in [0.25, 0.3) is 0 Å². The van der Waals surface area contributed by atoms with E-state index in [-0.39, 0.29) is 30.2 Å². The van der Waals surface area contributed by atoms with E-state index in [1.807, 2.05) is 4.90 Å². The van der Waals surface area contributed by atoms with Gasteiger partial charge in [-0.25, -0.2) is 0 Å². The maximum Gasteiger partial charge on any atom is 0.395 e. The second-order valence-corrected chi connectivity index (χ2v) is 7.91. The Kier molecular flexibility index (Phi) is 11.9. The van der Waals surface area contributed by atoms with Gasteiger partial charge in [0.05, 0.1) is 5.92 Å². The Labute approximate surface area is 189 Å². The van der Waals surface area contributed by atoms with Crippen LogP contribution in [0, 0.1) is 0 Å². The van der Waals surface area contributed by atoms with Gasteiger partial charge in [0.2, 0.25) is 0 Å². The number of benzene rings is 1. The Balaban J connectivity index is 0.000000751. The Morgan fingerprint density at radius 3 is 2.12 bits per heavy atom. The van der Waals surface area contributed by atoms with E-state index < -0.39 is 12.1 Å². The summed E-state index contributed by atoms with van der Waals surface area (Å²) >= 11 is 0. The molecule has 1 aliphatic rings. The summed E-state index contributed by atoms with van der Waals surface area (Å²) in [6.45, 7) is 3.28. The monoisotopic (exact) mass is 455 g/mol. The number of carbonyl (C=O) groups excluding carboxylic acids is 1. The maximum atomic E-state index is 13.0. The Hall–Kier alpha value is -2.48. The van der Waals surface area contributed by atoms with Gasteiger partial charge in [0.25, 0.3) is 5.91 Å². The third-order valence-corrected chi connectivity index (χ3v) is 5.37. The summed E-state index contributed by atoms with van der Waals surface area (Å²) in [6.07, 6.45) is 6.98. The van der Waals surface area contributed by atoms with Gasteiger partial charge in [-0.05, 0) is 81.3 Å². The molecule has 32 heavy (non-hydrogen) atoms. The van der Waals surface area contributed by atoms with Crippen LogP contribution >= 0.6 is 0 Å². The summed E-state index contributed by atoms with van der Waals surface area (Å²) < 4.78 is 38.5. The number of aliphatic hydroxyl groups excluding tert-OH is 1. The molecule has 0 spiro atoms. The molecule has 0 bridgehead atoms. The molecule has 2 rings (SSSR count). The highest BCUT2D eigenvalue weighted by atomic mass is 19.4. The Morgan fingerprint density at radius 1 is 1.16 bits per heavy atom. The largest absolute Gasteiger partial charge is 0.405 e. The predicted molar refractivity (Wildman–Crippen MR) is 122 cm³/mol. The second kappa shape index (κ2) is 13.8. The van der Waals surface area contributed by atoms with E-state index in [1.165, 1.54) is 36.7 Å². The Morgan fingerprint density at radius 2 is 1.72 bits per heavy atom. The molecule has 1 amide bonds. The number of nitrogens with zero attached hydrogens (tertiary/aromatic N) is 1. The third-order valence-electron chi connectivity index (χ3n) is 5.37. The molecule has 2 atom stereocenters. The molecule has 0 aromatic heterocycles. The molecule has 180 valence electrons. The van der Waals surface area contributed by atoms with Gasteiger partial charge in [0.1, 0.15) is 0 Å². The zero-order valence-electron chi connectivity index (χ0n) is 18.9. The van der Waals surface area contributed by atoms with Crippen molar-refractivity contribution in [1.82, 2.24) is 4.90 Å². The lowest BCUT2D eigenvalue weighted by Gasteiger charge is -2.32. The molecule has 5 N–H and O–H groups in total. The topological polar surface area (TPSA) is 92.6 Å². The van der Waals surface area contributed by atoms with E-state index in [2.05, 4.69) is 6.92 Å². The van der Waals surface area contributed by atoms with Crippen LogP contribution in [0.15, 0.2) is 48.8 Å². The minimum Gasteiger partial charge on any atom is -0.405 e. The minimum atomic E-state index is -4.29. The van der Waals surface area contributed by atoms with E-state index in [1.54, 1.807) is 12.2 Å². The number of nitrogens with two attached hydrogens (primary N) is 2. The van der Waals surface area contributed by atoms with Crippen LogP contribution in [0.2, 0.25) is 0 Å². The van der Waals surface area contributed by atoms with Crippen molar-refractivity contribution in [3.05, 3.63) is 59.9 Å². The molecule has 0 heterocycles. The Bertz CT molecular complexity index is 719. The van der Waals surface area contributed by atoms with Crippen LogP contribution < -0.4 is 11.5 Å². The zero-order valence-corrected chi connectivity index (χ0v) is 18.9. The number of aliphatic hydroxyl groups is 1. The lowest BCUT2D eigenvalue weighted by molar-refractivity contribution is -0.146. The van der Waals surface area contributed by atoms with Crippen molar-refractivity contribution in [2.24, 2.45) is 11.5 Å². The molecule has 8 heteroatoms. The van der Waals surface area contributed by atoms with Gasteiger partial charge in [0.15, 0.2) is 0 Å². The molecular formula is C24H36F3N3O2. The van der Waals surface area contributed by atoms with Crippen molar-refractivity contribution in [3.63, 3.8) is 0 Å². The van der Waals surface area contributed by atoms with Gasteiger partial charge in [0, 0.05) is 24.3 Å². The first-order valence-electron chi connectivity index (χ1n) is 11.1. The molecule has 0 saturated heterocycles. The van der Waals surface area contributed by atoms with Gasteiger partial charge >= 0.3 is 6.18 Å². The van der Waals surface area contributed by atoms with Crippen LogP contribution in [0.1, 0.15) is 74.2 Å². The second-order valence-electron chi connectivity index (χ2n) is 7.91. The fourth-order valence-electron chi connectivity index (χ4n) is 3.45. The van der Waals surface area contributed by atoms with Crippen LogP contribution in [-0.4, -0.2) is 40.8 Å². The van der Waals surface area contributed by atoms with Crippen molar-refractivity contribution in [2.75, 3.05) is 6.61 Å². The van der Waals surface area contributed by atoms with E-state index in [4.69, 9.17) is 16.6 Å². The number of hydrogen-bond acceptors (Lipinski definition) is 4. The SMILES string of the molecule is CCCC(CCCO)N(C(=O)c1ccc(C(C)C(F)(F)F)cc1)C1CC1.N/C=C\C=C/N. The average Bonchev–Trinajstić information content (AvgIpc) is 3.60. The van der Waals surface area contributed by atoms with E-state index in [0.29, 0.717) is 12.0 Å². The van der Waals surface area contributed by atoms with Crippen molar-refractivity contribution in [2.45, 2.75) is 76.6 Å². The van der Waals surface area contributed by atoms with Crippen molar-refractivity contribution in [1.29, 1.82) is 0 Å². The maximum absolute atomic E-state index is 13.0. The highest BCUT2D eigenvalue weighted by Gasteiger charge is 2.38. The lowest BCUT2D eigenvalue weighted by atomic mass is 9.98. The van der Waals surface area contributed by atoms with Crippen molar-refractivity contribution >= 4 is 5.91 Å². The quantitative estimate of drug-likeness (QED) is 0.441. The third kappa shape index (κ3) is 8.94. The summed E-state index contributed by atoms with van der Waals surface area (Å²) in [5, 5.41) is 9.13. The molecule has 1 aromatic carbocycles. The number of rotatable bonds is 10. The number of halogens is 3. The number of amides is 1. The highest BCUT2D eigenvalue weighted by Crippen LogP contribution is 2.35. The van der Waals surface area contributed by atoms with Gasteiger partial charge in [-0.3, -0.25) is 4.79 Å². The molecule has 1 aliphatic carbocycles. The van der Waals surface area contributed by atoms with E-state index in [0.717, 1.165) is 39.0 Å². The molecular weight excluding hydrogens is 419 g/mol. The first kappa shape index (κ1) is 27.6. The van der Waals surface area contributed by atoms with E-state index >= 15 is 0 Å². The van der Waals surface area contributed by atoms with Crippen LogP contribution in [0.5, 0.6) is 0 Å². The summed E-state index contributed by atoms with van der Waals surface area (Å²) in [7, 11) is 0. The fourth-order valence-corrected chi connectivity index (χ4v) is 3.45. The smallest absolute Gasteiger partial charge is 0.395 e. The molecule has 5 nitrogen and oxygen atoms in total. The summed E-state index contributed by atoms with van der Waals surface area (Å²) in [6, 6.07) is 6.10. The van der Waals surface area contributed by atoms with Gasteiger partial charge < -0.3 is 21.5 Å². The summed E-state index contributed by atoms with van der Waals surface area (Å²) in [5.74, 6) is -1.67. The fraction of sp³-hybridized carbons (Fsp3) is 0.542. The molecule has 0 aliphatic heterocycles. The molecule has 1 saturated carbocycles. The summed E-state index contributed by atoms with van der Waals surface area (Å²) in [5.41, 5.74) is 10.4. The normalized spacial score (nSPS) is 15.9. The van der Waals surface area contributed by atoms with Crippen LogP contribution in [0.3, 0.4) is 0 Å². The average molecular weight is 456 g/mol. The highest BCUT2D eigenvalue weighted by molar-refractivity contribution is 5.95. The molecule has 2 unspecified atom stereocenters. The lowest BCUT2D eigenvalue weighted by Crippen LogP contribution is -2.42. The predicted octanol–water partition coefficient (Wildman–Crippen LogP) is 4.83. The number of alkyl halides is 3. The number of carbonyl (C=O) groups is 1. The summed E-state index contributed by atoms with van der Waals surface area (Å²) in [4.78, 5) is 14.9. The van der Waals surface area contributed by atoms with Gasteiger partial charge in [-0.2, -0.15) is 13.2 Å².